The molecule has 0 aromatic rings. The summed E-state index contributed by atoms with van der Waals surface area (Å²) in [4.78, 5) is 31.8. The van der Waals surface area contributed by atoms with E-state index in [1.165, 1.54) is 6.92 Å². The van der Waals surface area contributed by atoms with Gasteiger partial charge in [-0.15, -0.1) is 0 Å². The van der Waals surface area contributed by atoms with Crippen molar-refractivity contribution >= 4 is 17.8 Å². The van der Waals surface area contributed by atoms with E-state index in [0.29, 0.717) is 5.42 Å². The SMILES string of the molecule is [2H]N(N[C@@H](CCOC(C)=O)C(=O)O)C(C)=O. The van der Waals surface area contributed by atoms with E-state index in [1.807, 2.05) is 0 Å². The number of amides is 1. The van der Waals surface area contributed by atoms with Gasteiger partial charge in [0.25, 0.3) is 0 Å². The molecular formula is C8H14N2O5. The molecule has 0 unspecified atom stereocenters. The average molecular weight is 219 g/mol. The molecule has 0 rings (SSSR count). The van der Waals surface area contributed by atoms with Gasteiger partial charge in [0.15, 0.2) is 1.41 Å². The molecule has 0 aromatic carbocycles. The lowest BCUT2D eigenvalue weighted by atomic mass is 10.2. The number of nitrogens with one attached hydrogen (secondary N) is 2. The molecular weight excluding hydrogens is 204 g/mol. The summed E-state index contributed by atoms with van der Waals surface area (Å²) in [6, 6.07) is -1.15. The van der Waals surface area contributed by atoms with E-state index in [-0.39, 0.29) is 13.0 Å². The van der Waals surface area contributed by atoms with Crippen LogP contribution in [-0.4, -0.2) is 35.6 Å². The molecule has 7 nitrogen and oxygen atoms in total. The second kappa shape index (κ2) is 6.77. The number of hydrazine groups is 1. The van der Waals surface area contributed by atoms with Crippen molar-refractivity contribution in [3.05, 3.63) is 0 Å². The Kier molecular flexibility index (Phi) is 5.16. The Morgan fingerprint density at radius 1 is 1.47 bits per heavy atom. The van der Waals surface area contributed by atoms with E-state index in [1.54, 1.807) is 0 Å². The maximum Gasteiger partial charge on any atom is 0.322 e. The van der Waals surface area contributed by atoms with Crippen LogP contribution < -0.4 is 10.8 Å². The first-order valence-corrected chi connectivity index (χ1v) is 4.26. The number of carboxylic acids is 1. The lowest BCUT2D eigenvalue weighted by molar-refractivity contribution is -0.145. The minimum absolute atomic E-state index is 0.0302. The number of hydrogen-bond donors (Lipinski definition) is 3. The average Bonchev–Trinajstić information content (AvgIpc) is 2.14. The monoisotopic (exact) mass is 219 g/mol. The van der Waals surface area contributed by atoms with Gasteiger partial charge in [0, 0.05) is 20.3 Å². The standard InChI is InChI=1S/C8H14N2O5/c1-5(11)9-10-7(8(13)14)3-4-15-6(2)12/h7,10H,3-4H2,1-2H3,(H,9,11)(H,13,14)/t7-/m0/s1/i/hD. The maximum atomic E-state index is 10.7. The first-order valence-electron chi connectivity index (χ1n) is 4.71. The summed E-state index contributed by atoms with van der Waals surface area (Å²) in [7, 11) is 0. The van der Waals surface area contributed by atoms with Crippen molar-refractivity contribution in [2.24, 2.45) is 0 Å². The van der Waals surface area contributed by atoms with Crippen LogP contribution in [0.25, 0.3) is 0 Å². The fraction of sp³-hybridized carbons (Fsp3) is 0.625. The predicted molar refractivity (Wildman–Crippen MR) is 49.6 cm³/mol. The van der Waals surface area contributed by atoms with E-state index in [9.17, 15) is 14.4 Å². The first kappa shape index (κ1) is 11.4. The molecule has 86 valence electrons. The molecule has 0 heterocycles. The summed E-state index contributed by atoms with van der Waals surface area (Å²) in [5, 5.41) is 8.74. The van der Waals surface area contributed by atoms with Gasteiger partial charge in [-0.2, -0.15) is 0 Å². The maximum absolute atomic E-state index is 10.7. The van der Waals surface area contributed by atoms with Gasteiger partial charge in [-0.25, -0.2) is 5.43 Å². The highest BCUT2D eigenvalue weighted by atomic mass is 16.5. The van der Waals surface area contributed by atoms with Crippen molar-refractivity contribution in [1.29, 1.82) is 0 Å². The van der Waals surface area contributed by atoms with Gasteiger partial charge in [-0.05, 0) is 0 Å². The number of carbonyl (C=O) groups excluding carboxylic acids is 2. The molecule has 15 heavy (non-hydrogen) atoms. The normalized spacial score (nSPS) is 12.5. The van der Waals surface area contributed by atoms with Gasteiger partial charge < -0.3 is 9.84 Å². The van der Waals surface area contributed by atoms with Crippen LogP contribution in [0.3, 0.4) is 0 Å². The van der Waals surface area contributed by atoms with E-state index >= 15 is 0 Å². The summed E-state index contributed by atoms with van der Waals surface area (Å²) in [5.41, 5.74) is 2.48. The van der Waals surface area contributed by atoms with Crippen LogP contribution in [0.5, 0.6) is 0 Å². The van der Waals surface area contributed by atoms with Crippen LogP contribution >= 0.6 is 0 Å². The molecule has 0 fully saturated rings. The highest BCUT2D eigenvalue weighted by molar-refractivity contribution is 5.75. The molecule has 0 saturated carbocycles. The molecule has 3 N–H and O–H groups in total. The fourth-order valence-electron chi connectivity index (χ4n) is 0.733. The Labute approximate surface area is 88.2 Å². The van der Waals surface area contributed by atoms with Crippen LogP contribution in [-0.2, 0) is 19.1 Å². The zero-order chi connectivity index (χ0) is 12.7. The minimum atomic E-state index is -1.23. The van der Waals surface area contributed by atoms with Gasteiger partial charge in [0.1, 0.15) is 6.04 Å². The van der Waals surface area contributed by atoms with Crippen molar-refractivity contribution < 1.29 is 25.6 Å². The third kappa shape index (κ3) is 7.44. The summed E-state index contributed by atoms with van der Waals surface area (Å²) >= 11 is 0. The number of hydrogen-bond acceptors (Lipinski definition) is 5. The number of carboxylic acid groups (broad SMARTS) is 1. The first-order chi connectivity index (χ1) is 7.34. The van der Waals surface area contributed by atoms with Crippen molar-refractivity contribution in [2.75, 3.05) is 6.61 Å². The lowest BCUT2D eigenvalue weighted by Crippen LogP contribution is -2.47. The molecule has 0 spiro atoms. The van der Waals surface area contributed by atoms with Gasteiger partial charge in [0.2, 0.25) is 5.91 Å². The van der Waals surface area contributed by atoms with Crippen LogP contribution in [0.1, 0.15) is 20.3 Å². The molecule has 0 aliphatic rings. The molecule has 0 aliphatic carbocycles. The van der Waals surface area contributed by atoms with Gasteiger partial charge in [-0.3, -0.25) is 19.8 Å². The third-order valence-electron chi connectivity index (χ3n) is 1.39. The molecule has 1 atom stereocenters. The topological polar surface area (TPSA) is 105 Å². The Balaban J connectivity index is 4.13. The second-order valence-electron chi connectivity index (χ2n) is 2.78. The Morgan fingerprint density at radius 2 is 2.07 bits per heavy atom. The smallest absolute Gasteiger partial charge is 0.322 e. The lowest BCUT2D eigenvalue weighted by Gasteiger charge is -2.13. The van der Waals surface area contributed by atoms with Crippen LogP contribution in [0, 0.1) is 0 Å². The van der Waals surface area contributed by atoms with Gasteiger partial charge >= 0.3 is 11.9 Å². The third-order valence-corrected chi connectivity index (χ3v) is 1.39. The Bertz CT molecular complexity index is 284. The zero-order valence-electron chi connectivity index (χ0n) is 9.52. The Morgan fingerprint density at radius 3 is 2.47 bits per heavy atom. The molecule has 0 saturated heterocycles. The van der Waals surface area contributed by atoms with E-state index in [4.69, 9.17) is 6.52 Å². The van der Waals surface area contributed by atoms with E-state index < -0.39 is 23.9 Å². The number of aliphatic carboxylic acids is 1. The molecule has 1 amide bonds. The number of rotatable bonds is 6. The predicted octanol–water partition coefficient (Wildman–Crippen LogP) is -0.966. The Hall–Kier alpha value is -1.63. The quantitative estimate of drug-likeness (QED) is 0.392. The molecule has 0 aromatic heterocycles. The summed E-state index contributed by atoms with van der Waals surface area (Å²) in [5.74, 6) is -2.39. The summed E-state index contributed by atoms with van der Waals surface area (Å²) in [6.45, 7) is 2.23. The van der Waals surface area contributed by atoms with Crippen molar-refractivity contribution in [2.45, 2.75) is 26.3 Å². The van der Waals surface area contributed by atoms with Crippen LogP contribution in [0.15, 0.2) is 0 Å². The molecule has 0 aliphatic heterocycles. The van der Waals surface area contributed by atoms with Crippen molar-refractivity contribution in [3.63, 3.8) is 0 Å². The largest absolute Gasteiger partial charge is 0.480 e. The van der Waals surface area contributed by atoms with Crippen molar-refractivity contribution in [3.8, 4) is 0 Å². The second-order valence-corrected chi connectivity index (χ2v) is 2.78. The highest BCUT2D eigenvalue weighted by Gasteiger charge is 2.17. The van der Waals surface area contributed by atoms with Crippen molar-refractivity contribution in [1.82, 2.24) is 10.8 Å². The fourth-order valence-corrected chi connectivity index (χ4v) is 0.733. The summed E-state index contributed by atoms with van der Waals surface area (Å²) < 4.78 is 11.6. The number of carbonyl (C=O) groups is 3. The minimum Gasteiger partial charge on any atom is -0.480 e. The molecule has 0 bridgehead atoms. The van der Waals surface area contributed by atoms with Gasteiger partial charge in [-0.1, -0.05) is 0 Å². The summed E-state index contributed by atoms with van der Waals surface area (Å²) in [6.07, 6.45) is -0.0302. The van der Waals surface area contributed by atoms with E-state index in [2.05, 4.69) is 10.2 Å². The van der Waals surface area contributed by atoms with Crippen LogP contribution in [0.2, 0.25) is 1.41 Å². The number of ether oxygens (including phenoxy) is 1. The zero-order valence-corrected chi connectivity index (χ0v) is 8.52. The van der Waals surface area contributed by atoms with Gasteiger partial charge in [0.05, 0.1) is 6.61 Å². The number of esters is 1. The highest BCUT2D eigenvalue weighted by Crippen LogP contribution is 1.92. The van der Waals surface area contributed by atoms with Crippen LogP contribution in [0.4, 0.5) is 0 Å². The molecule has 0 radical (unpaired) electrons. The van der Waals surface area contributed by atoms with E-state index in [0.717, 1.165) is 6.92 Å². The molecule has 7 heteroatoms.